The van der Waals surface area contributed by atoms with E-state index >= 15 is 0 Å². The Balaban J connectivity index is 1.91. The summed E-state index contributed by atoms with van der Waals surface area (Å²) in [4.78, 5) is 24.8. The van der Waals surface area contributed by atoms with Crippen LogP contribution in [-0.4, -0.2) is 30.8 Å². The highest BCUT2D eigenvalue weighted by Gasteiger charge is 2.28. The fourth-order valence-electron chi connectivity index (χ4n) is 3.36. The van der Waals surface area contributed by atoms with E-state index in [1.807, 2.05) is 0 Å². The standard InChI is InChI=1S/C25H27Cl2F2NO7/c1-25(2,3)37-23(32)10-22(31)35-20(9-16-17(26)11-30(33)12-18(16)27)15-6-7-19(36-24(28)29)21(8-15)34-13-14-4-5-14/h6-8,11-12,14,20,24H,4-5,9-10,13H2,1-3H3. The first kappa shape index (κ1) is 28.7. The minimum absolute atomic E-state index is 0.0264. The van der Waals surface area contributed by atoms with Crippen molar-refractivity contribution in [3.63, 3.8) is 0 Å². The number of benzene rings is 1. The SMILES string of the molecule is CC(C)(C)OC(=O)CC(=O)OC(Cc1c(Cl)c[n+]([O-])cc1Cl)c1ccc(OC(F)F)c(OCC2CC2)c1. The Hall–Kier alpha value is -2.85. The van der Waals surface area contributed by atoms with E-state index in [-0.39, 0.29) is 28.0 Å². The van der Waals surface area contributed by atoms with Crippen molar-refractivity contribution in [1.82, 2.24) is 0 Å². The Morgan fingerprint density at radius 1 is 1.11 bits per heavy atom. The van der Waals surface area contributed by atoms with Gasteiger partial charge in [-0.05, 0) is 57.2 Å². The van der Waals surface area contributed by atoms with Gasteiger partial charge in [0.2, 0.25) is 0 Å². The summed E-state index contributed by atoms with van der Waals surface area (Å²) in [6.45, 7) is 2.22. The summed E-state index contributed by atoms with van der Waals surface area (Å²) in [7, 11) is 0. The smallest absolute Gasteiger partial charge is 0.387 e. The van der Waals surface area contributed by atoms with Gasteiger partial charge in [0, 0.05) is 12.0 Å². The molecule has 37 heavy (non-hydrogen) atoms. The molecule has 1 saturated carbocycles. The lowest BCUT2D eigenvalue weighted by Gasteiger charge is -2.22. The molecule has 12 heteroatoms. The van der Waals surface area contributed by atoms with Crippen LogP contribution in [0.2, 0.25) is 10.0 Å². The molecule has 1 aromatic carbocycles. The molecule has 1 aliphatic carbocycles. The van der Waals surface area contributed by atoms with Gasteiger partial charge < -0.3 is 24.2 Å². The van der Waals surface area contributed by atoms with Crippen LogP contribution in [0.5, 0.6) is 11.5 Å². The second kappa shape index (κ2) is 12.1. The van der Waals surface area contributed by atoms with E-state index < -0.39 is 36.7 Å². The normalized spacial score (nSPS) is 14.3. The van der Waals surface area contributed by atoms with Gasteiger partial charge in [-0.15, -0.1) is 0 Å². The molecule has 8 nitrogen and oxygen atoms in total. The molecule has 1 fully saturated rings. The fraction of sp³-hybridized carbons (Fsp3) is 0.480. The zero-order valence-corrected chi connectivity index (χ0v) is 22.0. The number of aromatic nitrogens is 1. The lowest BCUT2D eigenvalue weighted by molar-refractivity contribution is -0.605. The summed E-state index contributed by atoms with van der Waals surface area (Å²) in [6, 6.07) is 4.12. The average molecular weight is 562 g/mol. The van der Waals surface area contributed by atoms with Gasteiger partial charge in [-0.25, -0.2) is 0 Å². The Morgan fingerprint density at radius 2 is 1.76 bits per heavy atom. The number of carbonyl (C=O) groups excluding carboxylic acids is 2. The molecule has 202 valence electrons. The van der Waals surface area contributed by atoms with Crippen molar-refractivity contribution in [3.05, 3.63) is 57.0 Å². The lowest BCUT2D eigenvalue weighted by atomic mass is 10.0. The maximum absolute atomic E-state index is 12.9. The summed E-state index contributed by atoms with van der Waals surface area (Å²) in [5, 5.41) is 11.7. The zero-order valence-electron chi connectivity index (χ0n) is 20.5. The number of rotatable bonds is 11. The van der Waals surface area contributed by atoms with Crippen LogP contribution < -0.4 is 14.2 Å². The third-order valence-corrected chi connectivity index (χ3v) is 5.81. The van der Waals surface area contributed by atoms with Crippen molar-refractivity contribution in [3.8, 4) is 11.5 Å². The molecule has 1 unspecified atom stereocenters. The van der Waals surface area contributed by atoms with Crippen LogP contribution in [0.3, 0.4) is 0 Å². The maximum Gasteiger partial charge on any atom is 0.387 e. The van der Waals surface area contributed by atoms with Crippen LogP contribution in [0.25, 0.3) is 0 Å². The second-order valence-corrected chi connectivity index (χ2v) is 10.4. The largest absolute Gasteiger partial charge is 0.619 e. The first-order chi connectivity index (χ1) is 17.3. The third kappa shape index (κ3) is 9.19. The molecule has 0 saturated heterocycles. The number of carbonyl (C=O) groups is 2. The highest BCUT2D eigenvalue weighted by atomic mass is 35.5. The molecule has 1 heterocycles. The first-order valence-corrected chi connectivity index (χ1v) is 12.3. The van der Waals surface area contributed by atoms with Crippen molar-refractivity contribution in [2.24, 2.45) is 5.92 Å². The maximum atomic E-state index is 12.9. The molecule has 0 bridgehead atoms. The highest BCUT2D eigenvalue weighted by molar-refractivity contribution is 6.35. The summed E-state index contributed by atoms with van der Waals surface area (Å²) >= 11 is 12.4. The third-order valence-electron chi connectivity index (χ3n) is 5.16. The molecule has 0 aliphatic heterocycles. The quantitative estimate of drug-likeness (QED) is 0.153. The van der Waals surface area contributed by atoms with Crippen LogP contribution in [0.15, 0.2) is 30.6 Å². The fourth-order valence-corrected chi connectivity index (χ4v) is 3.96. The molecule has 0 N–H and O–H groups in total. The van der Waals surface area contributed by atoms with E-state index in [4.69, 9.17) is 37.4 Å². The van der Waals surface area contributed by atoms with Crippen LogP contribution in [0, 0.1) is 11.1 Å². The average Bonchev–Trinajstić information content (AvgIpc) is 3.57. The van der Waals surface area contributed by atoms with E-state index in [0.717, 1.165) is 25.2 Å². The minimum Gasteiger partial charge on any atom is -0.619 e. The number of alkyl halides is 2. The summed E-state index contributed by atoms with van der Waals surface area (Å²) < 4.78 is 47.4. The molecule has 0 radical (unpaired) electrons. The Morgan fingerprint density at radius 3 is 2.32 bits per heavy atom. The predicted molar refractivity (Wildman–Crippen MR) is 130 cm³/mol. The Kier molecular flexibility index (Phi) is 9.41. The molecule has 0 amide bonds. The van der Waals surface area contributed by atoms with E-state index in [0.29, 0.717) is 28.4 Å². The molecular formula is C25H27Cl2F2NO7. The first-order valence-electron chi connectivity index (χ1n) is 11.5. The van der Waals surface area contributed by atoms with Crippen LogP contribution in [0.1, 0.15) is 57.3 Å². The molecule has 1 aromatic heterocycles. The summed E-state index contributed by atoms with van der Waals surface area (Å²) in [5.74, 6) is -1.49. The number of pyridine rings is 1. The molecule has 3 rings (SSSR count). The monoisotopic (exact) mass is 561 g/mol. The van der Waals surface area contributed by atoms with Gasteiger partial charge in [-0.2, -0.15) is 13.5 Å². The van der Waals surface area contributed by atoms with Gasteiger partial charge in [0.15, 0.2) is 23.9 Å². The second-order valence-electron chi connectivity index (χ2n) is 9.58. The molecule has 1 atom stereocenters. The van der Waals surface area contributed by atoms with Gasteiger partial charge in [-0.3, -0.25) is 9.59 Å². The van der Waals surface area contributed by atoms with E-state index in [1.165, 1.54) is 18.2 Å². The Bertz CT molecular complexity index is 1110. The van der Waals surface area contributed by atoms with Gasteiger partial charge in [0.1, 0.15) is 28.2 Å². The summed E-state index contributed by atoms with van der Waals surface area (Å²) in [5.41, 5.74) is -0.154. The topological polar surface area (TPSA) is 98.0 Å². The molecule has 0 spiro atoms. The van der Waals surface area contributed by atoms with Crippen molar-refractivity contribution in [2.45, 2.75) is 64.8 Å². The Labute approximate surface area is 222 Å². The molecule has 1 aliphatic rings. The van der Waals surface area contributed by atoms with E-state index in [9.17, 15) is 23.6 Å². The van der Waals surface area contributed by atoms with E-state index in [2.05, 4.69) is 4.74 Å². The van der Waals surface area contributed by atoms with Crippen LogP contribution >= 0.6 is 23.2 Å². The molecular weight excluding hydrogens is 535 g/mol. The number of esters is 2. The van der Waals surface area contributed by atoms with Crippen LogP contribution in [-0.2, 0) is 25.5 Å². The number of hydrogen-bond donors (Lipinski definition) is 0. The molecule has 2 aromatic rings. The predicted octanol–water partition coefficient (Wildman–Crippen LogP) is 5.58. The van der Waals surface area contributed by atoms with Gasteiger partial charge in [0.05, 0.1) is 6.61 Å². The minimum atomic E-state index is -3.07. The summed E-state index contributed by atoms with van der Waals surface area (Å²) in [6.07, 6.45) is 2.30. The number of halogens is 4. The number of nitrogens with zero attached hydrogens (tertiary/aromatic N) is 1. The lowest BCUT2D eigenvalue weighted by Crippen LogP contribution is -2.27. The van der Waals surface area contributed by atoms with Crippen LogP contribution in [0.4, 0.5) is 8.78 Å². The van der Waals surface area contributed by atoms with Crippen molar-refractivity contribution >= 4 is 35.1 Å². The van der Waals surface area contributed by atoms with Gasteiger partial charge in [-0.1, -0.05) is 29.3 Å². The van der Waals surface area contributed by atoms with Crippen molar-refractivity contribution in [2.75, 3.05) is 6.61 Å². The number of hydrogen-bond acceptors (Lipinski definition) is 7. The highest BCUT2D eigenvalue weighted by Crippen LogP contribution is 2.37. The van der Waals surface area contributed by atoms with Gasteiger partial charge in [0.25, 0.3) is 0 Å². The zero-order chi connectivity index (χ0) is 27.3. The van der Waals surface area contributed by atoms with Crippen molar-refractivity contribution in [1.29, 1.82) is 0 Å². The van der Waals surface area contributed by atoms with E-state index in [1.54, 1.807) is 20.8 Å². The van der Waals surface area contributed by atoms with Crippen molar-refractivity contribution < 1.29 is 42.0 Å². The van der Waals surface area contributed by atoms with Gasteiger partial charge >= 0.3 is 18.6 Å². The number of ether oxygens (including phenoxy) is 4.